The molecule has 1 N–H and O–H groups in total. The maximum Gasteiger partial charge on any atom is 0.416 e. The monoisotopic (exact) mass is 471 g/mol. The van der Waals surface area contributed by atoms with E-state index in [9.17, 15) is 22.8 Å². The van der Waals surface area contributed by atoms with E-state index in [-0.39, 0.29) is 17.4 Å². The zero-order valence-corrected chi connectivity index (χ0v) is 18.4. The molecule has 1 aromatic carbocycles. The Morgan fingerprint density at radius 3 is 2.53 bits per heavy atom. The van der Waals surface area contributed by atoms with Gasteiger partial charge in [-0.2, -0.15) is 13.2 Å². The molecule has 10 heteroatoms. The number of piperidine rings is 1. The third-order valence-electron chi connectivity index (χ3n) is 6.68. The maximum absolute atomic E-state index is 13.4. The average Bonchev–Trinajstić information content (AvgIpc) is 3.50. The zero-order valence-electron chi connectivity index (χ0n) is 18.4. The van der Waals surface area contributed by atoms with Gasteiger partial charge in [-0.1, -0.05) is 0 Å². The molecule has 3 aromatic rings. The van der Waals surface area contributed by atoms with Gasteiger partial charge in [0, 0.05) is 37.3 Å². The number of carbonyl (C=O) groups excluding carboxylic acids is 2. The molecule has 178 valence electrons. The fraction of sp³-hybridized carbons (Fsp3) is 0.417. The molecule has 2 aromatic heterocycles. The highest BCUT2D eigenvalue weighted by Crippen LogP contribution is 2.31. The van der Waals surface area contributed by atoms with Crippen LogP contribution in [0.3, 0.4) is 0 Å². The molecular formula is C24H24F3N5O2. The Balaban J connectivity index is 1.29. The number of imidazole rings is 1. The minimum atomic E-state index is -4.46. The summed E-state index contributed by atoms with van der Waals surface area (Å²) < 4.78 is 38.6. The average molecular weight is 471 g/mol. The molecule has 1 unspecified atom stereocenters. The fourth-order valence-electron chi connectivity index (χ4n) is 4.92. The molecule has 0 aliphatic carbocycles. The number of fused-ring (bicyclic) bond motifs is 1. The normalized spacial score (nSPS) is 21.3. The van der Waals surface area contributed by atoms with E-state index in [0.717, 1.165) is 41.8 Å². The second kappa shape index (κ2) is 8.73. The first-order valence-electron chi connectivity index (χ1n) is 11.4. The quantitative estimate of drug-likeness (QED) is 0.626. The molecule has 2 fully saturated rings. The Bertz CT molecular complexity index is 1170. The van der Waals surface area contributed by atoms with Crippen LogP contribution in [0.25, 0.3) is 11.0 Å². The Hall–Kier alpha value is -3.43. The molecule has 5 rings (SSSR count). The lowest BCUT2D eigenvalue weighted by molar-refractivity contribution is -0.137. The Morgan fingerprint density at radius 2 is 1.79 bits per heavy atom. The molecule has 0 bridgehead atoms. The van der Waals surface area contributed by atoms with Crippen LogP contribution in [0.5, 0.6) is 0 Å². The molecule has 2 aliphatic heterocycles. The third kappa shape index (κ3) is 4.24. The van der Waals surface area contributed by atoms with E-state index in [2.05, 4.69) is 15.0 Å². The van der Waals surface area contributed by atoms with Crippen LogP contribution >= 0.6 is 0 Å². The van der Waals surface area contributed by atoms with Crippen molar-refractivity contribution in [2.75, 3.05) is 19.6 Å². The number of halogens is 3. The lowest BCUT2D eigenvalue weighted by atomic mass is 9.96. The largest absolute Gasteiger partial charge is 0.416 e. The van der Waals surface area contributed by atoms with Crippen LogP contribution in [-0.4, -0.2) is 62.2 Å². The molecule has 2 aliphatic rings. The molecule has 0 spiro atoms. The maximum atomic E-state index is 13.4. The van der Waals surface area contributed by atoms with E-state index in [4.69, 9.17) is 0 Å². The molecule has 7 nitrogen and oxygen atoms in total. The second-order valence-electron chi connectivity index (χ2n) is 8.87. The number of hydrogen-bond acceptors (Lipinski definition) is 4. The predicted octanol–water partition coefficient (Wildman–Crippen LogP) is 3.99. The van der Waals surface area contributed by atoms with Gasteiger partial charge in [0.15, 0.2) is 0 Å². The predicted molar refractivity (Wildman–Crippen MR) is 118 cm³/mol. The number of alkyl halides is 3. The van der Waals surface area contributed by atoms with Gasteiger partial charge in [0.1, 0.15) is 11.9 Å². The summed E-state index contributed by atoms with van der Waals surface area (Å²) in [6, 6.07) is 5.39. The van der Waals surface area contributed by atoms with Gasteiger partial charge in [-0.3, -0.25) is 14.6 Å². The number of nitrogens with one attached hydrogen (secondary N) is 1. The van der Waals surface area contributed by atoms with Crippen molar-refractivity contribution in [1.29, 1.82) is 0 Å². The summed E-state index contributed by atoms with van der Waals surface area (Å²) in [6.07, 6.45) is 1.89. The lowest BCUT2D eigenvalue weighted by Gasteiger charge is -2.35. The number of aromatic amines is 1. The molecule has 4 heterocycles. The van der Waals surface area contributed by atoms with Gasteiger partial charge in [0.25, 0.3) is 5.91 Å². The first-order chi connectivity index (χ1) is 16.3. The minimum Gasteiger partial charge on any atom is -0.340 e. The van der Waals surface area contributed by atoms with Crippen LogP contribution in [0.15, 0.2) is 42.7 Å². The number of pyridine rings is 1. The number of rotatable bonds is 3. The van der Waals surface area contributed by atoms with Crippen LogP contribution in [-0.2, 0) is 11.0 Å². The summed E-state index contributed by atoms with van der Waals surface area (Å²) in [5.41, 5.74) is 1.03. The highest BCUT2D eigenvalue weighted by molar-refractivity contribution is 5.98. The Morgan fingerprint density at radius 1 is 1.03 bits per heavy atom. The number of nitrogens with zero attached hydrogens (tertiary/aromatic N) is 4. The fourth-order valence-corrected chi connectivity index (χ4v) is 4.92. The Labute approximate surface area is 194 Å². The summed E-state index contributed by atoms with van der Waals surface area (Å²) in [5.74, 6) is 0.360. The molecule has 34 heavy (non-hydrogen) atoms. The van der Waals surface area contributed by atoms with Crippen LogP contribution < -0.4 is 0 Å². The van der Waals surface area contributed by atoms with Crippen molar-refractivity contribution in [3.8, 4) is 0 Å². The van der Waals surface area contributed by atoms with Crippen molar-refractivity contribution < 1.29 is 22.8 Å². The highest BCUT2D eigenvalue weighted by Gasteiger charge is 2.39. The number of H-pyrrole nitrogens is 1. The van der Waals surface area contributed by atoms with E-state index in [1.165, 1.54) is 17.0 Å². The summed E-state index contributed by atoms with van der Waals surface area (Å²) >= 11 is 0. The first-order valence-corrected chi connectivity index (χ1v) is 11.4. The SMILES string of the molecule is O=C([C@H]1CCCN1C(=O)c1ccc(C(F)(F)F)cc1)N1CCCC(c2nc3ccncc3[nH]2)C1. The van der Waals surface area contributed by atoms with Gasteiger partial charge >= 0.3 is 6.18 Å². The minimum absolute atomic E-state index is 0.0607. The zero-order chi connectivity index (χ0) is 23.9. The van der Waals surface area contributed by atoms with E-state index >= 15 is 0 Å². The summed E-state index contributed by atoms with van der Waals surface area (Å²) in [4.78, 5) is 41.8. The second-order valence-corrected chi connectivity index (χ2v) is 8.87. The third-order valence-corrected chi connectivity index (χ3v) is 6.68. The van der Waals surface area contributed by atoms with Crippen LogP contribution in [0.1, 0.15) is 53.3 Å². The Kier molecular flexibility index (Phi) is 5.75. The number of hydrogen-bond donors (Lipinski definition) is 1. The number of aromatic nitrogens is 3. The van der Waals surface area contributed by atoms with Crippen molar-refractivity contribution >= 4 is 22.8 Å². The molecular weight excluding hydrogens is 447 g/mol. The van der Waals surface area contributed by atoms with Crippen LogP contribution in [0, 0.1) is 0 Å². The van der Waals surface area contributed by atoms with Crippen molar-refractivity contribution in [1.82, 2.24) is 24.8 Å². The lowest BCUT2D eigenvalue weighted by Crippen LogP contribution is -2.50. The number of benzene rings is 1. The van der Waals surface area contributed by atoms with Crippen LogP contribution in [0.2, 0.25) is 0 Å². The van der Waals surface area contributed by atoms with Crippen molar-refractivity contribution in [3.63, 3.8) is 0 Å². The molecule has 2 atom stereocenters. The van der Waals surface area contributed by atoms with Crippen molar-refractivity contribution in [2.45, 2.75) is 43.8 Å². The van der Waals surface area contributed by atoms with Gasteiger partial charge in [0.05, 0.1) is 22.8 Å². The van der Waals surface area contributed by atoms with E-state index in [0.29, 0.717) is 32.5 Å². The van der Waals surface area contributed by atoms with E-state index in [1.54, 1.807) is 17.3 Å². The standard InChI is InChI=1S/C24H24F3N5O2/c25-24(26,27)17-7-5-15(6-8-17)22(33)32-12-2-4-20(32)23(34)31-11-1-3-16(14-31)21-29-18-9-10-28-13-19(18)30-21/h5-10,13,16,20H,1-4,11-12,14H2,(H,29,30)/t16?,20-/m1/s1. The van der Waals surface area contributed by atoms with Gasteiger partial charge in [0.2, 0.25) is 5.91 Å². The number of carbonyl (C=O) groups is 2. The highest BCUT2D eigenvalue weighted by atomic mass is 19.4. The number of likely N-dealkylation sites (tertiary alicyclic amines) is 2. The van der Waals surface area contributed by atoms with Gasteiger partial charge in [-0.25, -0.2) is 4.98 Å². The molecule has 2 saturated heterocycles. The smallest absolute Gasteiger partial charge is 0.340 e. The van der Waals surface area contributed by atoms with E-state index < -0.39 is 23.7 Å². The van der Waals surface area contributed by atoms with Gasteiger partial charge in [-0.15, -0.1) is 0 Å². The molecule has 2 amide bonds. The van der Waals surface area contributed by atoms with E-state index in [1.807, 2.05) is 6.07 Å². The molecule has 0 saturated carbocycles. The summed E-state index contributed by atoms with van der Waals surface area (Å²) in [6.45, 7) is 1.52. The van der Waals surface area contributed by atoms with Gasteiger partial charge < -0.3 is 14.8 Å². The van der Waals surface area contributed by atoms with Gasteiger partial charge in [-0.05, 0) is 56.0 Å². The summed E-state index contributed by atoms with van der Waals surface area (Å²) in [5, 5.41) is 0. The van der Waals surface area contributed by atoms with Crippen molar-refractivity contribution in [3.05, 3.63) is 59.7 Å². The molecule has 0 radical (unpaired) electrons. The summed E-state index contributed by atoms with van der Waals surface area (Å²) in [7, 11) is 0. The number of amides is 2. The van der Waals surface area contributed by atoms with Crippen LogP contribution in [0.4, 0.5) is 13.2 Å². The topological polar surface area (TPSA) is 82.2 Å². The first kappa shape index (κ1) is 22.4. The van der Waals surface area contributed by atoms with Crippen molar-refractivity contribution in [2.24, 2.45) is 0 Å².